The first kappa shape index (κ1) is 6.67. The second-order valence-corrected chi connectivity index (χ2v) is 3.10. The Morgan fingerprint density at radius 1 is 1.64 bits per heavy atom. The molecule has 1 aliphatic heterocycles. The molecule has 2 rings (SSSR count). The molecule has 58 valence electrons. The molecule has 1 aliphatic rings. The Labute approximate surface area is 67.5 Å². The number of thiophene rings is 1. The van der Waals surface area contributed by atoms with Crippen molar-refractivity contribution in [3.8, 4) is 11.5 Å². The summed E-state index contributed by atoms with van der Waals surface area (Å²) in [5, 5.41) is 1.79. The normalized spacial score (nSPS) is 13.5. The molecule has 0 spiro atoms. The van der Waals surface area contributed by atoms with Crippen LogP contribution in [0.25, 0.3) is 0 Å². The molecule has 0 saturated heterocycles. The van der Waals surface area contributed by atoms with Crippen molar-refractivity contribution in [3.63, 3.8) is 0 Å². The first-order valence-corrected chi connectivity index (χ1v) is 4.05. The summed E-state index contributed by atoms with van der Waals surface area (Å²) in [7, 11) is 0. The monoisotopic (exact) mass is 170 g/mol. The van der Waals surface area contributed by atoms with Crippen LogP contribution in [0.4, 0.5) is 0 Å². The lowest BCUT2D eigenvalue weighted by Crippen LogP contribution is -1.96. The van der Waals surface area contributed by atoms with Crippen molar-refractivity contribution in [3.05, 3.63) is 10.3 Å². The summed E-state index contributed by atoms with van der Waals surface area (Å²) in [5.74, 6) is 1.34. The van der Waals surface area contributed by atoms with E-state index in [1.54, 1.807) is 5.38 Å². The predicted octanol–water partition coefficient (Wildman–Crippen LogP) is 1.68. The van der Waals surface area contributed by atoms with Gasteiger partial charge in [-0.3, -0.25) is 4.79 Å². The van der Waals surface area contributed by atoms with Crippen molar-refractivity contribution in [2.45, 2.75) is 6.92 Å². The van der Waals surface area contributed by atoms with Crippen molar-refractivity contribution in [1.29, 1.82) is 0 Å². The van der Waals surface area contributed by atoms with Crippen molar-refractivity contribution >= 4 is 17.1 Å². The summed E-state index contributed by atoms with van der Waals surface area (Å²) in [5.41, 5.74) is 0. The lowest BCUT2D eigenvalue weighted by molar-refractivity contribution is 0.101. The highest BCUT2D eigenvalue weighted by molar-refractivity contribution is 7.12. The molecule has 0 amide bonds. The Bertz CT molecular complexity index is 303. The van der Waals surface area contributed by atoms with E-state index in [0.29, 0.717) is 16.4 Å². The molecule has 0 radical (unpaired) electrons. The molecule has 0 unspecified atom stereocenters. The maximum atomic E-state index is 10.9. The van der Waals surface area contributed by atoms with Crippen LogP contribution in [0, 0.1) is 0 Å². The van der Waals surface area contributed by atoms with Gasteiger partial charge in [0.05, 0.1) is 0 Å². The van der Waals surface area contributed by atoms with E-state index in [9.17, 15) is 4.79 Å². The van der Waals surface area contributed by atoms with Gasteiger partial charge in [-0.2, -0.15) is 0 Å². The summed E-state index contributed by atoms with van der Waals surface area (Å²) < 4.78 is 10.2. The van der Waals surface area contributed by atoms with Gasteiger partial charge >= 0.3 is 0 Å². The molecular formula is C7H6O3S. The van der Waals surface area contributed by atoms with E-state index in [-0.39, 0.29) is 12.6 Å². The summed E-state index contributed by atoms with van der Waals surface area (Å²) in [6, 6.07) is 0. The topological polar surface area (TPSA) is 35.5 Å². The van der Waals surface area contributed by atoms with Gasteiger partial charge in [0.25, 0.3) is 0 Å². The lowest BCUT2D eigenvalue weighted by Gasteiger charge is -1.92. The minimum Gasteiger partial charge on any atom is -0.453 e. The molecule has 0 fully saturated rings. The van der Waals surface area contributed by atoms with Crippen LogP contribution in [-0.4, -0.2) is 12.6 Å². The molecule has 0 aliphatic carbocycles. The number of hydrogen-bond donors (Lipinski definition) is 0. The van der Waals surface area contributed by atoms with E-state index in [0.717, 1.165) is 0 Å². The quantitative estimate of drug-likeness (QED) is 0.601. The van der Waals surface area contributed by atoms with Crippen LogP contribution in [-0.2, 0) is 0 Å². The number of fused-ring (bicyclic) bond motifs is 1. The van der Waals surface area contributed by atoms with Gasteiger partial charge in [-0.05, 0) is 0 Å². The Morgan fingerprint density at radius 2 is 2.45 bits per heavy atom. The molecule has 2 heterocycles. The summed E-state index contributed by atoms with van der Waals surface area (Å²) >= 11 is 1.36. The smallest absolute Gasteiger partial charge is 0.231 e. The van der Waals surface area contributed by atoms with Crippen LogP contribution in [0.15, 0.2) is 5.38 Å². The molecule has 4 heteroatoms. The van der Waals surface area contributed by atoms with Crippen molar-refractivity contribution in [2.75, 3.05) is 6.79 Å². The van der Waals surface area contributed by atoms with E-state index < -0.39 is 0 Å². The highest BCUT2D eigenvalue weighted by atomic mass is 32.1. The maximum absolute atomic E-state index is 10.9. The molecule has 0 saturated carbocycles. The van der Waals surface area contributed by atoms with Crippen LogP contribution in [0.2, 0.25) is 0 Å². The Hall–Kier alpha value is -1.03. The van der Waals surface area contributed by atoms with Gasteiger partial charge < -0.3 is 9.47 Å². The zero-order chi connectivity index (χ0) is 7.84. The van der Waals surface area contributed by atoms with E-state index in [4.69, 9.17) is 9.47 Å². The average molecular weight is 170 g/mol. The predicted molar refractivity (Wildman–Crippen MR) is 40.4 cm³/mol. The van der Waals surface area contributed by atoms with E-state index in [1.165, 1.54) is 18.3 Å². The molecule has 1 aromatic rings. The average Bonchev–Trinajstić information content (AvgIpc) is 2.41. The van der Waals surface area contributed by atoms with E-state index in [2.05, 4.69) is 0 Å². The number of rotatable bonds is 1. The first-order chi connectivity index (χ1) is 5.29. The van der Waals surface area contributed by atoms with Crippen LogP contribution in [0.3, 0.4) is 0 Å². The van der Waals surface area contributed by atoms with Gasteiger partial charge in [-0.25, -0.2) is 0 Å². The molecule has 0 atom stereocenters. The Morgan fingerprint density at radius 3 is 3.18 bits per heavy atom. The standard InChI is InChI=1S/C7H6O3S/c1-4(8)7-6-5(2-11-7)9-3-10-6/h2H,3H2,1H3. The molecule has 0 bridgehead atoms. The number of hydrogen-bond acceptors (Lipinski definition) is 4. The molecule has 0 N–H and O–H groups in total. The largest absolute Gasteiger partial charge is 0.453 e. The SMILES string of the molecule is CC(=O)c1scc2c1OCO2. The van der Waals surface area contributed by atoms with Gasteiger partial charge in [0.1, 0.15) is 4.88 Å². The highest BCUT2D eigenvalue weighted by Crippen LogP contribution is 2.40. The number of carbonyl (C=O) groups excluding carboxylic acids is 1. The Kier molecular flexibility index (Phi) is 1.35. The second kappa shape index (κ2) is 2.23. The highest BCUT2D eigenvalue weighted by Gasteiger charge is 2.22. The fraction of sp³-hybridized carbons (Fsp3) is 0.286. The minimum atomic E-state index is 0.0294. The third-order valence-electron chi connectivity index (χ3n) is 1.45. The Balaban J connectivity index is 2.50. The van der Waals surface area contributed by atoms with E-state index >= 15 is 0 Å². The summed E-state index contributed by atoms with van der Waals surface area (Å²) in [6.07, 6.45) is 0. The zero-order valence-corrected chi connectivity index (χ0v) is 6.73. The second-order valence-electron chi connectivity index (χ2n) is 2.22. The summed E-state index contributed by atoms with van der Waals surface area (Å²) in [4.78, 5) is 11.6. The number of Topliss-reactive ketones (excluding diaryl/α,β-unsaturated/α-hetero) is 1. The molecule has 1 aromatic heterocycles. The minimum absolute atomic E-state index is 0.0294. The zero-order valence-electron chi connectivity index (χ0n) is 5.92. The van der Waals surface area contributed by atoms with Gasteiger partial charge in [-0.1, -0.05) is 0 Å². The van der Waals surface area contributed by atoms with Gasteiger partial charge in [0, 0.05) is 12.3 Å². The fourth-order valence-electron chi connectivity index (χ4n) is 0.962. The van der Waals surface area contributed by atoms with Crippen LogP contribution < -0.4 is 9.47 Å². The third-order valence-corrected chi connectivity index (χ3v) is 2.49. The molecular weight excluding hydrogens is 164 g/mol. The summed E-state index contributed by atoms with van der Waals surface area (Å²) in [6.45, 7) is 1.76. The lowest BCUT2D eigenvalue weighted by atomic mass is 10.3. The number of ketones is 1. The molecule has 3 nitrogen and oxygen atoms in total. The number of carbonyl (C=O) groups is 1. The molecule has 11 heavy (non-hydrogen) atoms. The van der Waals surface area contributed by atoms with Crippen molar-refractivity contribution < 1.29 is 14.3 Å². The third kappa shape index (κ3) is 0.903. The van der Waals surface area contributed by atoms with Crippen LogP contribution in [0.1, 0.15) is 16.6 Å². The number of ether oxygens (including phenoxy) is 2. The van der Waals surface area contributed by atoms with Gasteiger partial charge in [0.15, 0.2) is 17.3 Å². The van der Waals surface area contributed by atoms with E-state index in [1.807, 2.05) is 0 Å². The van der Waals surface area contributed by atoms with Gasteiger partial charge in [0.2, 0.25) is 6.79 Å². The van der Waals surface area contributed by atoms with Crippen LogP contribution >= 0.6 is 11.3 Å². The van der Waals surface area contributed by atoms with Crippen molar-refractivity contribution in [1.82, 2.24) is 0 Å². The van der Waals surface area contributed by atoms with Crippen LogP contribution in [0.5, 0.6) is 11.5 Å². The maximum Gasteiger partial charge on any atom is 0.231 e. The first-order valence-electron chi connectivity index (χ1n) is 3.17. The molecule has 0 aromatic carbocycles. The van der Waals surface area contributed by atoms with Gasteiger partial charge in [-0.15, -0.1) is 11.3 Å². The van der Waals surface area contributed by atoms with Crippen molar-refractivity contribution in [2.24, 2.45) is 0 Å². The fourth-order valence-corrected chi connectivity index (χ4v) is 1.79.